The molecule has 3 rings (SSSR count). The van der Waals surface area contributed by atoms with Gasteiger partial charge in [-0.3, -0.25) is 4.57 Å². The fourth-order valence-electron chi connectivity index (χ4n) is 2.45. The maximum absolute atomic E-state index is 5.36. The number of imidazole rings is 1. The summed E-state index contributed by atoms with van der Waals surface area (Å²) in [7, 11) is 3.23. The average Bonchev–Trinajstić information content (AvgIpc) is 2.97. The molecule has 1 aliphatic heterocycles. The van der Waals surface area contributed by atoms with Crippen LogP contribution in [0.4, 0.5) is 5.82 Å². The Balaban J connectivity index is 0.00000132. The van der Waals surface area contributed by atoms with E-state index in [9.17, 15) is 0 Å². The van der Waals surface area contributed by atoms with Gasteiger partial charge in [-0.1, -0.05) is 0 Å². The maximum atomic E-state index is 5.36. The zero-order valence-electron chi connectivity index (χ0n) is 13.4. The van der Waals surface area contributed by atoms with Gasteiger partial charge in [-0.05, 0) is 6.92 Å². The van der Waals surface area contributed by atoms with Gasteiger partial charge in [0, 0.05) is 33.3 Å². The smallest absolute Gasteiger partial charge is 0.320 e. The summed E-state index contributed by atoms with van der Waals surface area (Å²) in [4.78, 5) is 15.6. The van der Waals surface area contributed by atoms with Crippen molar-refractivity contribution in [1.82, 2.24) is 24.8 Å². The van der Waals surface area contributed by atoms with E-state index < -0.39 is 0 Å². The summed E-state index contributed by atoms with van der Waals surface area (Å²) in [5, 5.41) is 3.33. The first-order chi connectivity index (χ1) is 10.2. The van der Waals surface area contributed by atoms with Gasteiger partial charge in [-0.25, -0.2) is 4.98 Å². The molecule has 1 atom stereocenters. The van der Waals surface area contributed by atoms with Gasteiger partial charge in [0.1, 0.15) is 6.23 Å². The fourth-order valence-corrected chi connectivity index (χ4v) is 2.45. The van der Waals surface area contributed by atoms with Gasteiger partial charge in [0.15, 0.2) is 17.0 Å². The van der Waals surface area contributed by atoms with Gasteiger partial charge in [0.2, 0.25) is 0 Å². The minimum atomic E-state index is -0.148. The molecule has 0 aromatic carbocycles. The van der Waals surface area contributed by atoms with Crippen molar-refractivity contribution in [2.45, 2.75) is 13.2 Å². The molecule has 3 heterocycles. The predicted octanol–water partition coefficient (Wildman–Crippen LogP) is 1.25. The molecule has 10 heteroatoms. The van der Waals surface area contributed by atoms with Crippen molar-refractivity contribution in [3.63, 3.8) is 0 Å². The highest BCUT2D eigenvalue weighted by atomic mass is 35.5. The number of nitrogens with zero attached hydrogens (tertiary/aromatic N) is 5. The fraction of sp³-hybridized carbons (Fsp3) is 0.615. The normalized spacial score (nSPS) is 15.7. The van der Waals surface area contributed by atoms with Crippen molar-refractivity contribution in [1.29, 1.82) is 0 Å². The molecule has 0 saturated carbocycles. The summed E-state index contributed by atoms with van der Waals surface area (Å²) >= 11 is 0. The molecule has 23 heavy (non-hydrogen) atoms. The van der Waals surface area contributed by atoms with E-state index >= 15 is 0 Å². The molecule has 1 saturated heterocycles. The number of anilines is 1. The van der Waals surface area contributed by atoms with Crippen molar-refractivity contribution in [2.24, 2.45) is 0 Å². The molecule has 130 valence electrons. The highest BCUT2D eigenvalue weighted by Gasteiger charge is 2.21. The quantitative estimate of drug-likeness (QED) is 0.874. The van der Waals surface area contributed by atoms with E-state index in [-0.39, 0.29) is 31.0 Å². The van der Waals surface area contributed by atoms with E-state index in [1.54, 1.807) is 20.5 Å². The standard InChI is InChI=1S/C13H20N6O2.2ClH/c1-9(20-2)19-8-15-10-11(18-6-4-14-5-7-18)16-13(21-3)17-12(10)19;;/h8-9,14H,4-7H2,1-3H3;2*1H. The first-order valence-corrected chi connectivity index (χ1v) is 7.01. The molecule has 2 aromatic rings. The second kappa shape index (κ2) is 8.49. The van der Waals surface area contributed by atoms with Gasteiger partial charge < -0.3 is 19.7 Å². The number of methoxy groups -OCH3 is 2. The third kappa shape index (κ3) is 3.77. The van der Waals surface area contributed by atoms with Crippen LogP contribution in [0.15, 0.2) is 6.33 Å². The number of fused-ring (bicyclic) bond motifs is 1. The number of halogens is 2. The van der Waals surface area contributed by atoms with Crippen molar-refractivity contribution in [3.05, 3.63) is 6.33 Å². The molecule has 0 bridgehead atoms. The van der Waals surface area contributed by atoms with Crippen molar-refractivity contribution in [2.75, 3.05) is 45.3 Å². The highest BCUT2D eigenvalue weighted by Crippen LogP contribution is 2.27. The zero-order valence-corrected chi connectivity index (χ0v) is 15.0. The molecular weight excluding hydrogens is 343 g/mol. The van der Waals surface area contributed by atoms with E-state index in [1.165, 1.54) is 0 Å². The first kappa shape index (κ1) is 19.7. The lowest BCUT2D eigenvalue weighted by molar-refractivity contribution is 0.0632. The number of hydrogen-bond acceptors (Lipinski definition) is 7. The average molecular weight is 365 g/mol. The number of hydrogen-bond donors (Lipinski definition) is 1. The number of piperazine rings is 1. The second-order valence-electron chi connectivity index (χ2n) is 4.93. The number of nitrogens with one attached hydrogen (secondary N) is 1. The molecule has 1 fully saturated rings. The van der Waals surface area contributed by atoms with Crippen molar-refractivity contribution in [3.8, 4) is 6.01 Å². The Labute approximate surface area is 147 Å². The van der Waals surface area contributed by atoms with Crippen molar-refractivity contribution >= 4 is 41.8 Å². The van der Waals surface area contributed by atoms with Crippen LogP contribution in [-0.2, 0) is 4.74 Å². The molecule has 8 nitrogen and oxygen atoms in total. The van der Waals surface area contributed by atoms with E-state index in [2.05, 4.69) is 25.2 Å². The third-order valence-corrected chi connectivity index (χ3v) is 3.71. The minimum Gasteiger partial charge on any atom is -0.467 e. The summed E-state index contributed by atoms with van der Waals surface area (Å²) in [6.07, 6.45) is 1.59. The largest absolute Gasteiger partial charge is 0.467 e. The summed E-state index contributed by atoms with van der Waals surface area (Å²) in [6.45, 7) is 5.59. The molecule has 2 aromatic heterocycles. The Bertz CT molecular complexity index is 632. The molecule has 0 spiro atoms. The van der Waals surface area contributed by atoms with E-state index in [0.29, 0.717) is 6.01 Å². The van der Waals surface area contributed by atoms with Crippen LogP contribution in [0, 0.1) is 0 Å². The van der Waals surface area contributed by atoms with Gasteiger partial charge in [0.05, 0.1) is 13.4 Å². The van der Waals surface area contributed by atoms with Crippen LogP contribution in [0.5, 0.6) is 6.01 Å². The van der Waals surface area contributed by atoms with E-state index in [1.807, 2.05) is 11.5 Å². The third-order valence-electron chi connectivity index (χ3n) is 3.71. The predicted molar refractivity (Wildman–Crippen MR) is 93.2 cm³/mol. The van der Waals surface area contributed by atoms with Gasteiger partial charge in [-0.2, -0.15) is 9.97 Å². The topological polar surface area (TPSA) is 77.3 Å². The maximum Gasteiger partial charge on any atom is 0.320 e. The highest BCUT2D eigenvalue weighted by molar-refractivity contribution is 5.86. The minimum absolute atomic E-state index is 0. The van der Waals surface area contributed by atoms with Crippen molar-refractivity contribution < 1.29 is 9.47 Å². The number of rotatable bonds is 4. The van der Waals surface area contributed by atoms with E-state index in [0.717, 1.165) is 43.2 Å². The second-order valence-corrected chi connectivity index (χ2v) is 4.93. The first-order valence-electron chi connectivity index (χ1n) is 7.01. The lowest BCUT2D eigenvalue weighted by Gasteiger charge is -2.28. The summed E-state index contributed by atoms with van der Waals surface area (Å²) in [5.41, 5.74) is 1.51. The molecule has 0 amide bonds. The molecule has 0 aliphatic carbocycles. The molecule has 1 N–H and O–H groups in total. The Morgan fingerprint density at radius 1 is 1.17 bits per heavy atom. The van der Waals surface area contributed by atoms with Crippen LogP contribution < -0.4 is 15.0 Å². The zero-order chi connectivity index (χ0) is 14.8. The lowest BCUT2D eigenvalue weighted by atomic mass is 10.3. The molecule has 1 aliphatic rings. The summed E-state index contributed by atoms with van der Waals surface area (Å²) in [6, 6.07) is 0.348. The molecule has 0 radical (unpaired) electrons. The Morgan fingerprint density at radius 3 is 2.48 bits per heavy atom. The summed E-state index contributed by atoms with van der Waals surface area (Å²) in [5.74, 6) is 0.820. The Hall–Kier alpha value is -1.35. The Morgan fingerprint density at radius 2 is 1.87 bits per heavy atom. The Kier molecular flexibility index (Phi) is 7.27. The van der Waals surface area contributed by atoms with E-state index in [4.69, 9.17) is 9.47 Å². The SMILES string of the molecule is COc1nc(N2CCNCC2)c2ncn(C(C)OC)c2n1.Cl.Cl. The molecular formula is C13H22Cl2N6O2. The molecule has 1 unspecified atom stereocenters. The lowest BCUT2D eigenvalue weighted by Crippen LogP contribution is -2.44. The van der Waals surface area contributed by atoms with Gasteiger partial charge >= 0.3 is 6.01 Å². The van der Waals surface area contributed by atoms with Crippen LogP contribution in [0.25, 0.3) is 11.2 Å². The summed E-state index contributed by atoms with van der Waals surface area (Å²) < 4.78 is 12.5. The van der Waals surface area contributed by atoms with Crippen LogP contribution in [0.2, 0.25) is 0 Å². The van der Waals surface area contributed by atoms with Gasteiger partial charge in [-0.15, -0.1) is 24.8 Å². The van der Waals surface area contributed by atoms with Crippen LogP contribution in [0.1, 0.15) is 13.2 Å². The van der Waals surface area contributed by atoms with Crippen LogP contribution in [0.3, 0.4) is 0 Å². The van der Waals surface area contributed by atoms with Crippen LogP contribution in [-0.4, -0.2) is 59.9 Å². The van der Waals surface area contributed by atoms with Gasteiger partial charge in [0.25, 0.3) is 0 Å². The number of ether oxygens (including phenoxy) is 2. The monoisotopic (exact) mass is 364 g/mol. The van der Waals surface area contributed by atoms with Crippen LogP contribution >= 0.6 is 24.8 Å². The number of aromatic nitrogens is 4.